The van der Waals surface area contributed by atoms with Crippen LogP contribution in [0.5, 0.6) is 0 Å². The van der Waals surface area contributed by atoms with Gasteiger partial charge in [0, 0.05) is 6.42 Å². The lowest BCUT2D eigenvalue weighted by molar-refractivity contribution is -0.141. The summed E-state index contributed by atoms with van der Waals surface area (Å²) in [5.41, 5.74) is 5.76. The first kappa shape index (κ1) is 28.0. The van der Waals surface area contributed by atoms with Gasteiger partial charge in [-0.25, -0.2) is 4.79 Å². The second-order valence-corrected chi connectivity index (χ2v) is 8.31. The second-order valence-electron chi connectivity index (χ2n) is 6.34. The summed E-state index contributed by atoms with van der Waals surface area (Å²) in [5, 5.41) is 25.0. The third-order valence-corrected chi connectivity index (χ3v) is 5.20. The van der Waals surface area contributed by atoms with Gasteiger partial charge in [-0.2, -0.15) is 23.5 Å². The van der Waals surface area contributed by atoms with Crippen molar-refractivity contribution in [2.24, 2.45) is 5.73 Å². The number of carboxylic acids is 2. The number of rotatable bonds is 16. The molecule has 172 valence electrons. The van der Waals surface area contributed by atoms with E-state index in [-0.39, 0.29) is 19.3 Å². The van der Waals surface area contributed by atoms with Gasteiger partial charge in [-0.05, 0) is 43.3 Å². The summed E-state index contributed by atoms with van der Waals surface area (Å²) in [6.45, 7) is -0.514. The molecule has 0 saturated heterocycles. The Morgan fingerprint density at radius 3 is 2.00 bits per heavy atom. The molecular weight excluding hydrogens is 436 g/mol. The average molecular weight is 467 g/mol. The van der Waals surface area contributed by atoms with Gasteiger partial charge in [0.15, 0.2) is 0 Å². The van der Waals surface area contributed by atoms with Crippen LogP contribution in [-0.2, 0) is 24.0 Å². The van der Waals surface area contributed by atoms with Crippen molar-refractivity contribution in [2.75, 3.05) is 30.6 Å². The van der Waals surface area contributed by atoms with E-state index in [0.29, 0.717) is 17.9 Å². The maximum atomic E-state index is 12.4. The molecule has 0 aromatic carbocycles. The number of hydrogen-bond donors (Lipinski definition) is 6. The number of hydrogen-bond acceptors (Lipinski definition) is 8. The Bertz CT molecular complexity index is 607. The number of thioether (sulfide) groups is 2. The lowest BCUT2D eigenvalue weighted by Crippen LogP contribution is -2.53. The van der Waals surface area contributed by atoms with Gasteiger partial charge in [0.1, 0.15) is 12.1 Å². The minimum absolute atomic E-state index is 0.185. The second kappa shape index (κ2) is 15.8. The summed E-state index contributed by atoms with van der Waals surface area (Å²) in [6.07, 6.45) is 3.71. The topological polar surface area (TPSA) is 188 Å². The molecule has 0 aliphatic heterocycles. The zero-order valence-electron chi connectivity index (χ0n) is 17.0. The first-order valence-electron chi connectivity index (χ1n) is 9.17. The molecule has 0 fully saturated rings. The van der Waals surface area contributed by atoms with Crippen LogP contribution in [0.2, 0.25) is 0 Å². The molecule has 0 aromatic heterocycles. The van der Waals surface area contributed by atoms with Crippen molar-refractivity contribution >= 4 is 53.2 Å². The molecule has 0 radical (unpaired) electrons. The van der Waals surface area contributed by atoms with Crippen LogP contribution in [0.4, 0.5) is 0 Å². The summed E-state index contributed by atoms with van der Waals surface area (Å²) >= 11 is 2.94. The summed E-state index contributed by atoms with van der Waals surface area (Å²) in [4.78, 5) is 58.5. The quantitative estimate of drug-likeness (QED) is 0.162. The van der Waals surface area contributed by atoms with E-state index in [1.165, 1.54) is 23.5 Å². The number of aliphatic carboxylic acids is 2. The van der Waals surface area contributed by atoms with E-state index in [1.54, 1.807) is 6.26 Å². The third kappa shape index (κ3) is 12.5. The van der Waals surface area contributed by atoms with Gasteiger partial charge in [-0.15, -0.1) is 0 Å². The molecule has 11 nitrogen and oxygen atoms in total. The number of carbonyl (C=O) groups is 5. The highest BCUT2D eigenvalue weighted by atomic mass is 32.2. The smallest absolute Gasteiger partial charge is 0.326 e. The Kier molecular flexibility index (Phi) is 14.7. The Morgan fingerprint density at radius 1 is 0.867 bits per heavy atom. The van der Waals surface area contributed by atoms with Crippen molar-refractivity contribution in [2.45, 2.75) is 43.8 Å². The van der Waals surface area contributed by atoms with Gasteiger partial charge < -0.3 is 31.9 Å². The van der Waals surface area contributed by atoms with Crippen LogP contribution in [0.1, 0.15) is 25.7 Å². The summed E-state index contributed by atoms with van der Waals surface area (Å²) in [5.74, 6) is -3.23. The molecule has 30 heavy (non-hydrogen) atoms. The van der Waals surface area contributed by atoms with E-state index in [9.17, 15) is 24.0 Å². The zero-order valence-corrected chi connectivity index (χ0v) is 18.6. The van der Waals surface area contributed by atoms with E-state index in [1.807, 2.05) is 6.26 Å². The lowest BCUT2D eigenvalue weighted by atomic mass is 10.1. The first-order valence-corrected chi connectivity index (χ1v) is 12.0. The largest absolute Gasteiger partial charge is 0.481 e. The summed E-state index contributed by atoms with van der Waals surface area (Å²) in [7, 11) is 0. The molecule has 3 amide bonds. The van der Waals surface area contributed by atoms with E-state index in [4.69, 9.17) is 15.9 Å². The number of carbonyl (C=O) groups excluding carboxylic acids is 3. The predicted molar refractivity (Wildman–Crippen MR) is 115 cm³/mol. The summed E-state index contributed by atoms with van der Waals surface area (Å²) < 4.78 is 0. The van der Waals surface area contributed by atoms with Crippen LogP contribution >= 0.6 is 23.5 Å². The van der Waals surface area contributed by atoms with Crippen LogP contribution in [0, 0.1) is 0 Å². The molecule has 0 spiro atoms. The van der Waals surface area contributed by atoms with Crippen molar-refractivity contribution in [1.82, 2.24) is 16.0 Å². The third-order valence-electron chi connectivity index (χ3n) is 3.92. The molecule has 0 aliphatic carbocycles. The van der Waals surface area contributed by atoms with Gasteiger partial charge >= 0.3 is 11.9 Å². The normalized spacial score (nSPS) is 13.6. The van der Waals surface area contributed by atoms with Crippen LogP contribution < -0.4 is 21.7 Å². The minimum Gasteiger partial charge on any atom is -0.481 e. The molecular formula is C17H30N4O7S2. The number of carboxylic acid groups (broad SMARTS) is 2. The zero-order chi connectivity index (χ0) is 23.1. The molecule has 13 heteroatoms. The van der Waals surface area contributed by atoms with E-state index >= 15 is 0 Å². The fourth-order valence-electron chi connectivity index (χ4n) is 2.22. The van der Waals surface area contributed by atoms with Crippen LogP contribution in [0.25, 0.3) is 0 Å². The maximum absolute atomic E-state index is 12.4. The van der Waals surface area contributed by atoms with Crippen LogP contribution in [-0.4, -0.2) is 88.6 Å². The predicted octanol–water partition coefficient (Wildman–Crippen LogP) is -1.14. The van der Waals surface area contributed by atoms with Crippen LogP contribution in [0.15, 0.2) is 0 Å². The van der Waals surface area contributed by atoms with Gasteiger partial charge in [-0.3, -0.25) is 19.2 Å². The molecule has 0 bridgehead atoms. The monoisotopic (exact) mass is 466 g/mol. The lowest BCUT2D eigenvalue weighted by Gasteiger charge is -2.20. The van der Waals surface area contributed by atoms with E-state index in [2.05, 4.69) is 16.0 Å². The maximum Gasteiger partial charge on any atom is 0.326 e. The molecule has 7 N–H and O–H groups in total. The highest BCUT2D eigenvalue weighted by Crippen LogP contribution is 2.03. The Hall–Kier alpha value is -1.99. The fraction of sp³-hybridized carbons (Fsp3) is 0.706. The molecule has 0 aromatic rings. The standard InChI is InChI=1S/C17H30N4O7S2/c1-29-7-5-10(18)15(25)21-11(3-4-14(23)24)16(26)19-9-13(22)20-12(17(27)28)6-8-30-2/h10-12H,3-9,18H2,1-2H3,(H,19,26)(H,20,22)(H,21,25)(H,23,24)(H,27,28). The van der Waals surface area contributed by atoms with Crippen molar-refractivity contribution in [3.8, 4) is 0 Å². The Balaban J connectivity index is 4.82. The van der Waals surface area contributed by atoms with Gasteiger partial charge in [0.25, 0.3) is 0 Å². The highest BCUT2D eigenvalue weighted by Gasteiger charge is 2.25. The van der Waals surface area contributed by atoms with E-state index < -0.39 is 54.3 Å². The fourth-order valence-corrected chi connectivity index (χ4v) is 3.18. The van der Waals surface area contributed by atoms with Gasteiger partial charge in [0.05, 0.1) is 12.6 Å². The number of nitrogens with two attached hydrogens (primary N) is 1. The van der Waals surface area contributed by atoms with Crippen LogP contribution in [0.3, 0.4) is 0 Å². The average Bonchev–Trinajstić information content (AvgIpc) is 2.69. The molecule has 3 atom stereocenters. The van der Waals surface area contributed by atoms with Crippen molar-refractivity contribution in [1.29, 1.82) is 0 Å². The first-order chi connectivity index (χ1) is 14.1. The van der Waals surface area contributed by atoms with E-state index in [0.717, 1.165) is 0 Å². The Morgan fingerprint density at radius 2 is 1.47 bits per heavy atom. The van der Waals surface area contributed by atoms with Crippen molar-refractivity contribution < 1.29 is 34.2 Å². The van der Waals surface area contributed by atoms with Gasteiger partial charge in [-0.1, -0.05) is 0 Å². The SMILES string of the molecule is CSCCC(N)C(=O)NC(CCC(=O)O)C(=O)NCC(=O)NC(CCSC)C(=O)O. The highest BCUT2D eigenvalue weighted by molar-refractivity contribution is 7.98. The molecule has 0 heterocycles. The van der Waals surface area contributed by atoms with Crippen molar-refractivity contribution in [3.63, 3.8) is 0 Å². The number of amides is 3. The molecule has 0 saturated carbocycles. The molecule has 0 rings (SSSR count). The van der Waals surface area contributed by atoms with Gasteiger partial charge in [0.2, 0.25) is 17.7 Å². The van der Waals surface area contributed by atoms with Crippen molar-refractivity contribution in [3.05, 3.63) is 0 Å². The molecule has 3 unspecified atom stereocenters. The minimum atomic E-state index is -1.19. The summed E-state index contributed by atoms with van der Waals surface area (Å²) in [6, 6.07) is -3.12. The molecule has 0 aliphatic rings. The Labute approximate surface area is 183 Å². The number of nitrogens with one attached hydrogen (secondary N) is 3.